The second kappa shape index (κ2) is 1.32. The van der Waals surface area contributed by atoms with E-state index in [4.69, 9.17) is 0 Å². The fourth-order valence-electron chi connectivity index (χ4n) is 0. The molecule has 0 aliphatic rings. The van der Waals surface area contributed by atoms with Gasteiger partial charge in [-0.25, -0.2) is 0 Å². The molecule has 0 aliphatic heterocycles. The molecule has 0 rings (SSSR count). The van der Waals surface area contributed by atoms with E-state index in [1.807, 2.05) is 0 Å². The number of rotatable bonds is 0. The summed E-state index contributed by atoms with van der Waals surface area (Å²) in [6.07, 6.45) is 0. The predicted octanol–water partition coefficient (Wildman–Crippen LogP) is 2.33. The van der Waals surface area contributed by atoms with Crippen LogP contribution in [0.25, 0.3) is 0 Å². The molecule has 0 nitrogen and oxygen atoms in total. The van der Waals surface area contributed by atoms with Gasteiger partial charge in [-0.15, -0.1) is 0 Å². The Hall–Kier alpha value is 0.519. The van der Waals surface area contributed by atoms with E-state index < -0.39 is 0 Å². The molecule has 1 heteroatoms. The van der Waals surface area contributed by atoms with Crippen molar-refractivity contribution in [2.75, 3.05) is 0 Å². The summed E-state index contributed by atoms with van der Waals surface area (Å²) < 4.78 is 0. The van der Waals surface area contributed by atoms with Crippen molar-refractivity contribution in [3.63, 3.8) is 0 Å². The van der Waals surface area contributed by atoms with Gasteiger partial charge in [0, 0.05) is 0 Å². The van der Waals surface area contributed by atoms with Crippen LogP contribution in [0, 0.1) is 0 Å². The van der Waals surface area contributed by atoms with Crippen LogP contribution < -0.4 is 0 Å². The Morgan fingerprint density at radius 1 is 0.800 bits per heavy atom. The van der Waals surface area contributed by atoms with E-state index in [2.05, 4.69) is 23.3 Å². The summed E-state index contributed by atoms with van der Waals surface area (Å²) in [7, 11) is 0. The van der Waals surface area contributed by atoms with E-state index in [-0.39, 0.29) is 12.8 Å². The molecule has 0 unspecified atom stereocenters. The van der Waals surface area contributed by atoms with Crippen molar-refractivity contribution >= 4 is 0 Å². The monoisotopic (exact) mass is 123 g/mol. The molecule has 5 heavy (non-hydrogen) atoms. The first-order valence-corrected chi connectivity index (χ1v) is 4.97. The molecular formula is C4H12Cu. The number of hydrogen-bond donors (Lipinski definition) is 0. The van der Waals surface area contributed by atoms with E-state index in [1.54, 1.807) is 0 Å². The molecule has 0 amide bonds. The van der Waals surface area contributed by atoms with Crippen LogP contribution in [0.4, 0.5) is 0 Å². The molecule has 0 aromatic carbocycles. The van der Waals surface area contributed by atoms with Crippen molar-refractivity contribution in [1.82, 2.24) is 0 Å². The van der Waals surface area contributed by atoms with E-state index in [0.717, 1.165) is 0 Å². The van der Waals surface area contributed by atoms with Gasteiger partial charge >= 0.3 is 36.1 Å². The Kier molecular flexibility index (Phi) is 1.45. The van der Waals surface area contributed by atoms with Gasteiger partial charge in [0.2, 0.25) is 0 Å². The zero-order chi connectivity index (χ0) is 4.50. The molecule has 0 aliphatic carbocycles. The normalized spacial score (nSPS) is 15.2. The van der Waals surface area contributed by atoms with Gasteiger partial charge in [-0.2, -0.15) is 0 Å². The van der Waals surface area contributed by atoms with Crippen LogP contribution in [-0.2, 0) is 12.8 Å². The maximum atomic E-state index is 2.27. The van der Waals surface area contributed by atoms with Crippen LogP contribution in [0.3, 0.4) is 0 Å². The van der Waals surface area contributed by atoms with Crippen molar-refractivity contribution < 1.29 is 12.8 Å². The van der Waals surface area contributed by atoms with Crippen molar-refractivity contribution in [3.05, 3.63) is 0 Å². The fraction of sp³-hybridized carbons (Fsp3) is 1.00. The van der Waals surface area contributed by atoms with Crippen LogP contribution in [0.15, 0.2) is 0 Å². The number of hydrogen-bond acceptors (Lipinski definition) is 0. The molecule has 0 N–H and O–H groups in total. The topological polar surface area (TPSA) is 0 Å². The molecule has 0 spiro atoms. The minimum atomic E-state index is -0.125. The molecular weight excluding hydrogens is 112 g/mol. The Morgan fingerprint density at radius 2 is 0.800 bits per heavy atom. The van der Waals surface area contributed by atoms with Crippen molar-refractivity contribution in [1.29, 1.82) is 0 Å². The first-order chi connectivity index (χ1) is 2.00. The first-order valence-electron chi connectivity index (χ1n) is 1.21. The zero-order valence-electron chi connectivity index (χ0n) is 4.30. The summed E-state index contributed by atoms with van der Waals surface area (Å²) in [5, 5.41) is 0. The van der Waals surface area contributed by atoms with Crippen molar-refractivity contribution in [3.8, 4) is 0 Å². The van der Waals surface area contributed by atoms with Gasteiger partial charge in [0.1, 0.15) is 0 Å². The van der Waals surface area contributed by atoms with E-state index in [9.17, 15) is 0 Å². The molecule has 0 saturated heterocycles. The Morgan fingerprint density at radius 3 is 0.800 bits per heavy atom. The molecule has 0 aromatic heterocycles. The summed E-state index contributed by atoms with van der Waals surface area (Å²) in [6.45, 7) is 0. The molecule has 0 aromatic rings. The van der Waals surface area contributed by atoms with Crippen LogP contribution in [0.1, 0.15) is 0 Å². The van der Waals surface area contributed by atoms with Crippen LogP contribution in [-0.4, -0.2) is 0 Å². The van der Waals surface area contributed by atoms with Gasteiger partial charge in [-0.05, 0) is 0 Å². The predicted molar refractivity (Wildman–Crippen MR) is 23.5 cm³/mol. The molecule has 39 valence electrons. The van der Waals surface area contributed by atoms with Gasteiger partial charge in [0.05, 0.1) is 0 Å². The average Bonchev–Trinajstić information content (AvgIpc) is 0.722. The SMILES string of the molecule is [CH3][Cu]([CH3])([CH3])[CH3]. The molecule has 0 saturated carbocycles. The van der Waals surface area contributed by atoms with E-state index in [1.165, 1.54) is 0 Å². The quantitative estimate of drug-likeness (QED) is 0.434. The minimum absolute atomic E-state index is 0.125. The molecule has 0 atom stereocenters. The Bertz CT molecular complexity index is 19.1. The third kappa shape index (κ3) is 106. The second-order valence-electron chi connectivity index (χ2n) is 1.81. The van der Waals surface area contributed by atoms with Crippen LogP contribution in [0.5, 0.6) is 0 Å². The van der Waals surface area contributed by atoms with Crippen LogP contribution >= 0.6 is 0 Å². The van der Waals surface area contributed by atoms with Crippen molar-refractivity contribution in [2.24, 2.45) is 0 Å². The summed E-state index contributed by atoms with van der Waals surface area (Å²) in [5.41, 5.74) is 0. The van der Waals surface area contributed by atoms with Gasteiger partial charge in [0.25, 0.3) is 0 Å². The summed E-state index contributed by atoms with van der Waals surface area (Å²) in [4.78, 5) is 0. The first kappa shape index (κ1) is 5.52. The van der Waals surface area contributed by atoms with Crippen molar-refractivity contribution in [2.45, 2.75) is 23.3 Å². The average molecular weight is 124 g/mol. The van der Waals surface area contributed by atoms with Gasteiger partial charge in [0.15, 0.2) is 0 Å². The summed E-state index contributed by atoms with van der Waals surface area (Å²) in [6, 6.07) is 0. The molecule has 0 heterocycles. The second-order valence-corrected chi connectivity index (χ2v) is 7.46. The molecule has 0 bridgehead atoms. The van der Waals surface area contributed by atoms with Gasteiger partial charge < -0.3 is 0 Å². The summed E-state index contributed by atoms with van der Waals surface area (Å²) >= 11 is -0.125. The van der Waals surface area contributed by atoms with Gasteiger partial charge in [-0.3, -0.25) is 0 Å². The van der Waals surface area contributed by atoms with Gasteiger partial charge in [-0.1, -0.05) is 0 Å². The maximum absolute atomic E-state index is 2.27. The van der Waals surface area contributed by atoms with E-state index >= 15 is 0 Å². The standard InChI is InChI=1S/4CH3.Cu/h4*1H3;. The Labute approximate surface area is 36.8 Å². The van der Waals surface area contributed by atoms with Crippen LogP contribution in [0.2, 0.25) is 23.3 Å². The third-order valence-electron chi connectivity index (χ3n) is 0. The third-order valence-corrected chi connectivity index (χ3v) is 0. The zero-order valence-corrected chi connectivity index (χ0v) is 5.24. The summed E-state index contributed by atoms with van der Waals surface area (Å²) in [5.74, 6) is 9.06. The molecule has 0 fully saturated rings. The van der Waals surface area contributed by atoms with E-state index in [0.29, 0.717) is 0 Å². The molecule has 0 radical (unpaired) electrons. The fourth-order valence-corrected chi connectivity index (χ4v) is 0. The Balaban J connectivity index is 3.02.